The Morgan fingerprint density at radius 2 is 2.21 bits per heavy atom. The van der Waals surface area contributed by atoms with E-state index in [1.807, 2.05) is 0 Å². The van der Waals surface area contributed by atoms with Gasteiger partial charge in [0.2, 0.25) is 0 Å². The molecule has 0 saturated carbocycles. The second kappa shape index (κ2) is 8.97. The fourth-order valence-electron chi connectivity index (χ4n) is 3.51. The van der Waals surface area contributed by atoms with Crippen LogP contribution in [-0.4, -0.2) is 52.5 Å². The van der Waals surface area contributed by atoms with Crippen LogP contribution in [-0.2, 0) is 0 Å². The molecule has 1 aliphatic rings. The molecule has 1 aliphatic heterocycles. The smallest absolute Gasteiger partial charge is 0.174 e. The van der Waals surface area contributed by atoms with E-state index < -0.39 is 5.82 Å². The van der Waals surface area contributed by atoms with Gasteiger partial charge in [0.25, 0.3) is 0 Å². The summed E-state index contributed by atoms with van der Waals surface area (Å²) < 4.78 is 14.3. The first-order chi connectivity index (χ1) is 13.9. The predicted molar refractivity (Wildman–Crippen MR) is 112 cm³/mol. The Morgan fingerprint density at radius 1 is 1.41 bits per heavy atom. The van der Waals surface area contributed by atoms with Crippen molar-refractivity contribution >= 4 is 17.2 Å². The SMILES string of the molecule is CN1CCCC(C(/C=C(\N)c2nc(-c3ccnc(N)c3F)ccc2O)=NCN)C1. The number of nitrogen functional groups attached to an aromatic ring is 1. The quantitative estimate of drug-likeness (QED) is 0.560. The molecule has 0 aromatic carbocycles. The van der Waals surface area contributed by atoms with Crippen molar-refractivity contribution in [2.75, 3.05) is 32.5 Å². The highest BCUT2D eigenvalue weighted by atomic mass is 19.1. The zero-order valence-electron chi connectivity index (χ0n) is 16.3. The lowest BCUT2D eigenvalue weighted by molar-refractivity contribution is 0.247. The lowest BCUT2D eigenvalue weighted by atomic mass is 9.92. The van der Waals surface area contributed by atoms with E-state index in [2.05, 4.69) is 26.9 Å². The molecule has 1 atom stereocenters. The lowest BCUT2D eigenvalue weighted by Crippen LogP contribution is -2.36. The number of pyridine rings is 2. The summed E-state index contributed by atoms with van der Waals surface area (Å²) in [5.41, 5.74) is 19.1. The van der Waals surface area contributed by atoms with Crippen molar-refractivity contribution in [1.29, 1.82) is 0 Å². The number of aromatic nitrogens is 2. The Morgan fingerprint density at radius 3 is 2.93 bits per heavy atom. The first kappa shape index (κ1) is 20.7. The van der Waals surface area contributed by atoms with Gasteiger partial charge in [-0.15, -0.1) is 0 Å². The zero-order valence-corrected chi connectivity index (χ0v) is 16.3. The molecule has 3 rings (SSSR count). The molecule has 8 nitrogen and oxygen atoms in total. The predicted octanol–water partition coefficient (Wildman–Crippen LogP) is 1.57. The topological polar surface area (TPSA) is 140 Å². The third-order valence-electron chi connectivity index (χ3n) is 4.96. The number of piperidine rings is 1. The van der Waals surface area contributed by atoms with Crippen LogP contribution < -0.4 is 17.2 Å². The van der Waals surface area contributed by atoms with Gasteiger partial charge in [-0.1, -0.05) is 0 Å². The normalized spacial score (nSPS) is 18.8. The highest BCUT2D eigenvalue weighted by Crippen LogP contribution is 2.29. The van der Waals surface area contributed by atoms with Gasteiger partial charge in [-0.05, 0) is 50.7 Å². The zero-order chi connectivity index (χ0) is 21.0. The molecule has 0 amide bonds. The molecule has 2 aromatic heterocycles. The Labute approximate surface area is 169 Å². The number of rotatable bonds is 5. The standard InChI is InChI=1S/C20H26FN7O/c1-28-8-2-3-12(10-28)16(26-11-22)9-14(23)19-17(29)5-4-15(27-19)13-6-7-25-20(24)18(13)21/h4-7,9,12,29H,2-3,8,10-11,22-23H2,1H3,(H2,24,25)/b14-9-,26-16?. The van der Waals surface area contributed by atoms with Gasteiger partial charge in [-0.3, -0.25) is 4.99 Å². The lowest BCUT2D eigenvalue weighted by Gasteiger charge is -2.30. The van der Waals surface area contributed by atoms with Crippen molar-refractivity contribution in [2.24, 2.45) is 22.4 Å². The van der Waals surface area contributed by atoms with Gasteiger partial charge in [-0.25, -0.2) is 14.4 Å². The largest absolute Gasteiger partial charge is 0.506 e. The van der Waals surface area contributed by atoms with Crippen LogP contribution in [0.1, 0.15) is 18.5 Å². The van der Waals surface area contributed by atoms with Crippen molar-refractivity contribution in [3.8, 4) is 17.0 Å². The minimum absolute atomic E-state index is 0.113. The second-order valence-electron chi connectivity index (χ2n) is 7.09. The van der Waals surface area contributed by atoms with Crippen LogP contribution >= 0.6 is 0 Å². The Balaban J connectivity index is 1.98. The number of aliphatic imine (C=N–C) groups is 1. The molecule has 1 fully saturated rings. The Bertz CT molecular complexity index is 944. The first-order valence-corrected chi connectivity index (χ1v) is 9.41. The minimum Gasteiger partial charge on any atom is -0.506 e. The molecule has 29 heavy (non-hydrogen) atoms. The van der Waals surface area contributed by atoms with Gasteiger partial charge in [0.15, 0.2) is 11.6 Å². The summed E-state index contributed by atoms with van der Waals surface area (Å²) in [5.74, 6) is -0.813. The molecule has 2 aromatic rings. The van der Waals surface area contributed by atoms with Crippen molar-refractivity contribution in [3.63, 3.8) is 0 Å². The Hall–Kier alpha value is -3.04. The van der Waals surface area contributed by atoms with Crippen LogP contribution in [0.2, 0.25) is 0 Å². The average Bonchev–Trinajstić information content (AvgIpc) is 2.70. The maximum absolute atomic E-state index is 14.3. The van der Waals surface area contributed by atoms with Gasteiger partial charge >= 0.3 is 0 Å². The summed E-state index contributed by atoms with van der Waals surface area (Å²) in [5, 5.41) is 10.3. The Kier molecular flexibility index (Phi) is 6.40. The molecular weight excluding hydrogens is 373 g/mol. The number of aromatic hydroxyl groups is 1. The highest BCUT2D eigenvalue weighted by Gasteiger charge is 2.22. The maximum atomic E-state index is 14.3. The molecule has 1 saturated heterocycles. The van der Waals surface area contributed by atoms with Gasteiger partial charge < -0.3 is 27.2 Å². The third-order valence-corrected chi connectivity index (χ3v) is 4.96. The highest BCUT2D eigenvalue weighted by molar-refractivity contribution is 6.02. The second-order valence-corrected chi connectivity index (χ2v) is 7.09. The molecule has 7 N–H and O–H groups in total. The van der Waals surface area contributed by atoms with E-state index in [0.29, 0.717) is 0 Å². The number of hydrogen-bond acceptors (Lipinski definition) is 8. The van der Waals surface area contributed by atoms with E-state index in [1.54, 1.807) is 6.08 Å². The third kappa shape index (κ3) is 4.69. The average molecular weight is 399 g/mol. The van der Waals surface area contributed by atoms with E-state index in [0.717, 1.165) is 31.6 Å². The van der Waals surface area contributed by atoms with Gasteiger partial charge in [-0.2, -0.15) is 0 Å². The number of hydrogen-bond donors (Lipinski definition) is 4. The molecule has 0 radical (unpaired) electrons. The van der Waals surface area contributed by atoms with Crippen LogP contribution in [0.25, 0.3) is 17.0 Å². The summed E-state index contributed by atoms with van der Waals surface area (Å²) in [6.45, 7) is 2.03. The summed E-state index contributed by atoms with van der Waals surface area (Å²) in [6, 6.07) is 4.38. The number of anilines is 1. The van der Waals surface area contributed by atoms with Crippen LogP contribution in [0.15, 0.2) is 35.5 Å². The molecule has 1 unspecified atom stereocenters. The number of allylic oxidation sites excluding steroid dienone is 1. The van der Waals surface area contributed by atoms with Crippen LogP contribution in [0.4, 0.5) is 10.2 Å². The maximum Gasteiger partial charge on any atom is 0.174 e. The molecular formula is C20H26FN7O. The van der Waals surface area contributed by atoms with E-state index in [4.69, 9.17) is 17.2 Å². The number of nitrogens with two attached hydrogens (primary N) is 3. The van der Waals surface area contributed by atoms with Crippen molar-refractivity contribution < 1.29 is 9.50 Å². The molecule has 3 heterocycles. The van der Waals surface area contributed by atoms with E-state index in [-0.39, 0.29) is 46.8 Å². The minimum atomic E-state index is -0.671. The van der Waals surface area contributed by atoms with Crippen LogP contribution in [0, 0.1) is 11.7 Å². The summed E-state index contributed by atoms with van der Waals surface area (Å²) in [7, 11) is 2.06. The molecule has 9 heteroatoms. The van der Waals surface area contributed by atoms with E-state index >= 15 is 0 Å². The number of nitrogens with zero attached hydrogens (tertiary/aromatic N) is 4. The summed E-state index contributed by atoms with van der Waals surface area (Å²) in [4.78, 5) is 14.7. The first-order valence-electron chi connectivity index (χ1n) is 9.41. The van der Waals surface area contributed by atoms with Crippen molar-refractivity contribution in [2.45, 2.75) is 12.8 Å². The summed E-state index contributed by atoms with van der Waals surface area (Å²) in [6.07, 6.45) is 5.13. The fourth-order valence-corrected chi connectivity index (χ4v) is 3.51. The van der Waals surface area contributed by atoms with Crippen molar-refractivity contribution in [3.05, 3.63) is 42.0 Å². The molecule has 0 bridgehead atoms. The molecule has 0 aliphatic carbocycles. The van der Waals surface area contributed by atoms with Crippen LogP contribution in [0.3, 0.4) is 0 Å². The molecule has 0 spiro atoms. The number of likely N-dealkylation sites (tertiary alicyclic amines) is 1. The molecule has 154 valence electrons. The van der Waals surface area contributed by atoms with E-state index in [1.165, 1.54) is 24.4 Å². The summed E-state index contributed by atoms with van der Waals surface area (Å²) >= 11 is 0. The van der Waals surface area contributed by atoms with Gasteiger partial charge in [0, 0.05) is 29.9 Å². The van der Waals surface area contributed by atoms with Crippen molar-refractivity contribution in [1.82, 2.24) is 14.9 Å². The van der Waals surface area contributed by atoms with E-state index in [9.17, 15) is 9.50 Å². The monoisotopic (exact) mass is 399 g/mol. The van der Waals surface area contributed by atoms with Gasteiger partial charge in [0.05, 0.1) is 18.1 Å². The van der Waals surface area contributed by atoms with Crippen LogP contribution in [0.5, 0.6) is 5.75 Å². The van der Waals surface area contributed by atoms with Gasteiger partial charge in [0.1, 0.15) is 11.4 Å². The fraction of sp³-hybridized carbons (Fsp3) is 0.350. The number of halogens is 1.